The topological polar surface area (TPSA) is 35.2 Å². The molecule has 0 amide bonds. The van der Waals surface area contributed by atoms with Crippen molar-refractivity contribution in [1.82, 2.24) is 0 Å². The summed E-state index contributed by atoms with van der Waals surface area (Å²) in [5.41, 5.74) is 3.72. The Hall–Kier alpha value is -0.150. The maximum Gasteiger partial charge on any atom is 0.144 e. The van der Waals surface area contributed by atoms with Crippen LogP contribution in [0.4, 0.5) is 4.39 Å². The van der Waals surface area contributed by atoms with E-state index in [2.05, 4.69) is 4.74 Å². The second-order valence-electron chi connectivity index (χ2n) is 2.22. The van der Waals surface area contributed by atoms with Crippen molar-refractivity contribution in [3.63, 3.8) is 0 Å². The third-order valence-electron chi connectivity index (χ3n) is 0.931. The van der Waals surface area contributed by atoms with Crippen LogP contribution in [0, 0.1) is 0 Å². The normalized spacial score (nSPS) is 16.1. The highest BCUT2D eigenvalue weighted by atomic mass is 19.1. The molecule has 0 radical (unpaired) electrons. The van der Waals surface area contributed by atoms with Crippen LogP contribution in [0.3, 0.4) is 0 Å². The zero-order valence-electron chi connectivity index (χ0n) is 5.44. The van der Waals surface area contributed by atoms with Crippen molar-refractivity contribution in [3.05, 3.63) is 0 Å². The van der Waals surface area contributed by atoms with Gasteiger partial charge in [0.15, 0.2) is 0 Å². The lowest BCUT2D eigenvalue weighted by Crippen LogP contribution is -2.40. The Balaban J connectivity index is 3.62. The third kappa shape index (κ3) is 2.23. The molecular weight excluding hydrogens is 109 g/mol. The fourth-order valence-electron chi connectivity index (χ4n) is 0.280. The van der Waals surface area contributed by atoms with Gasteiger partial charge >= 0.3 is 0 Å². The molecule has 0 saturated heterocycles. The molecule has 0 aliphatic carbocycles. The summed E-state index contributed by atoms with van der Waals surface area (Å²) < 4.78 is 17.1. The molecule has 0 fully saturated rings. The summed E-state index contributed by atoms with van der Waals surface area (Å²) in [6.07, 6.45) is -0.817. The molecule has 0 saturated carbocycles. The molecule has 0 rings (SSSR count). The van der Waals surface area contributed by atoms with E-state index < -0.39 is 11.9 Å². The van der Waals surface area contributed by atoms with Crippen LogP contribution in [-0.4, -0.2) is 19.0 Å². The number of hydrogen-bond donors (Lipinski definition) is 1. The molecule has 1 atom stereocenters. The summed E-state index contributed by atoms with van der Waals surface area (Å²) in [5, 5.41) is 0. The number of nitrogens with two attached hydrogens (primary N) is 1. The van der Waals surface area contributed by atoms with Crippen LogP contribution in [0.15, 0.2) is 0 Å². The van der Waals surface area contributed by atoms with Crippen molar-refractivity contribution in [1.29, 1.82) is 0 Å². The van der Waals surface area contributed by atoms with E-state index in [-0.39, 0.29) is 0 Å². The van der Waals surface area contributed by atoms with Crippen molar-refractivity contribution in [2.45, 2.75) is 25.7 Å². The number of methoxy groups -OCH3 is 1. The second-order valence-corrected chi connectivity index (χ2v) is 2.22. The van der Waals surface area contributed by atoms with E-state index in [0.29, 0.717) is 0 Å². The van der Waals surface area contributed by atoms with Gasteiger partial charge in [0.25, 0.3) is 0 Å². The molecule has 2 N–H and O–H groups in total. The van der Waals surface area contributed by atoms with Crippen LogP contribution in [0.2, 0.25) is 0 Å². The van der Waals surface area contributed by atoms with Gasteiger partial charge in [0.2, 0.25) is 0 Å². The van der Waals surface area contributed by atoms with E-state index in [4.69, 9.17) is 5.73 Å². The zero-order valence-corrected chi connectivity index (χ0v) is 5.44. The smallest absolute Gasteiger partial charge is 0.144 e. The SMILES string of the molecule is COC(N)C(C)(C)F. The van der Waals surface area contributed by atoms with Gasteiger partial charge in [0.05, 0.1) is 0 Å². The Morgan fingerprint density at radius 1 is 1.62 bits per heavy atom. The lowest BCUT2D eigenvalue weighted by atomic mass is 10.1. The van der Waals surface area contributed by atoms with Crippen molar-refractivity contribution in [2.24, 2.45) is 5.73 Å². The third-order valence-corrected chi connectivity index (χ3v) is 0.931. The predicted molar refractivity (Wildman–Crippen MR) is 30.2 cm³/mol. The molecule has 8 heavy (non-hydrogen) atoms. The first-order valence-electron chi connectivity index (χ1n) is 2.45. The van der Waals surface area contributed by atoms with Gasteiger partial charge in [-0.1, -0.05) is 0 Å². The minimum atomic E-state index is -1.44. The zero-order chi connectivity index (χ0) is 6.78. The fraction of sp³-hybridized carbons (Fsp3) is 1.00. The molecule has 0 aromatic carbocycles. The van der Waals surface area contributed by atoms with Crippen LogP contribution in [-0.2, 0) is 4.74 Å². The van der Waals surface area contributed by atoms with Crippen molar-refractivity contribution in [3.8, 4) is 0 Å². The van der Waals surface area contributed by atoms with Gasteiger partial charge < -0.3 is 10.5 Å². The van der Waals surface area contributed by atoms with Gasteiger partial charge in [0.1, 0.15) is 11.9 Å². The van der Waals surface area contributed by atoms with Crippen molar-refractivity contribution in [2.75, 3.05) is 7.11 Å². The summed E-state index contributed by atoms with van der Waals surface area (Å²) in [4.78, 5) is 0. The van der Waals surface area contributed by atoms with Crippen molar-refractivity contribution < 1.29 is 9.13 Å². The Kier molecular flexibility index (Phi) is 2.37. The maximum absolute atomic E-state index is 12.5. The van der Waals surface area contributed by atoms with Gasteiger partial charge in [-0.3, -0.25) is 0 Å². The monoisotopic (exact) mass is 121 g/mol. The molecule has 2 nitrogen and oxygen atoms in total. The van der Waals surface area contributed by atoms with E-state index >= 15 is 0 Å². The van der Waals surface area contributed by atoms with Gasteiger partial charge in [0, 0.05) is 7.11 Å². The summed E-state index contributed by atoms with van der Waals surface area (Å²) in [7, 11) is 1.38. The molecule has 0 aromatic rings. The summed E-state index contributed by atoms with van der Waals surface area (Å²) in [6.45, 7) is 2.75. The van der Waals surface area contributed by atoms with E-state index in [1.807, 2.05) is 0 Å². The van der Waals surface area contributed by atoms with Gasteiger partial charge in [-0.2, -0.15) is 0 Å². The van der Waals surface area contributed by atoms with E-state index in [0.717, 1.165) is 0 Å². The van der Waals surface area contributed by atoms with E-state index in [1.54, 1.807) is 0 Å². The highest BCUT2D eigenvalue weighted by Gasteiger charge is 2.24. The molecule has 0 aliphatic rings. The average Bonchev–Trinajstić information content (AvgIpc) is 1.62. The Labute approximate surface area is 48.8 Å². The van der Waals surface area contributed by atoms with Crippen molar-refractivity contribution >= 4 is 0 Å². The van der Waals surface area contributed by atoms with Crippen LogP contribution >= 0.6 is 0 Å². The molecule has 50 valence electrons. The quantitative estimate of drug-likeness (QED) is 0.545. The number of ether oxygens (including phenoxy) is 1. The largest absolute Gasteiger partial charge is 0.363 e. The lowest BCUT2D eigenvalue weighted by molar-refractivity contribution is -0.0120. The molecule has 3 heteroatoms. The summed E-state index contributed by atoms with van der Waals surface area (Å²) in [5.74, 6) is 0. The average molecular weight is 121 g/mol. The first-order chi connectivity index (χ1) is 3.48. The minimum absolute atomic E-state index is 0.817. The highest BCUT2D eigenvalue weighted by molar-refractivity contribution is 4.72. The molecule has 0 spiro atoms. The van der Waals surface area contributed by atoms with E-state index in [1.165, 1.54) is 21.0 Å². The number of halogens is 1. The maximum atomic E-state index is 12.5. The van der Waals surface area contributed by atoms with Crippen LogP contribution in [0.25, 0.3) is 0 Å². The lowest BCUT2D eigenvalue weighted by Gasteiger charge is -2.20. The first kappa shape index (κ1) is 7.85. The summed E-state index contributed by atoms with van der Waals surface area (Å²) >= 11 is 0. The van der Waals surface area contributed by atoms with Gasteiger partial charge in [-0.25, -0.2) is 4.39 Å². The molecule has 0 aromatic heterocycles. The Morgan fingerprint density at radius 3 is 2.00 bits per heavy atom. The molecular formula is C5H12FNO. The fourth-order valence-corrected chi connectivity index (χ4v) is 0.280. The van der Waals surface area contributed by atoms with Crippen LogP contribution in [0.1, 0.15) is 13.8 Å². The summed E-state index contributed by atoms with van der Waals surface area (Å²) in [6, 6.07) is 0. The second kappa shape index (κ2) is 2.42. The highest BCUT2D eigenvalue weighted by Crippen LogP contribution is 2.11. The van der Waals surface area contributed by atoms with Crippen LogP contribution < -0.4 is 5.73 Å². The standard InChI is InChI=1S/C5H12FNO/c1-5(2,6)4(7)8-3/h4H,7H2,1-3H3. The van der Waals surface area contributed by atoms with Gasteiger partial charge in [-0.05, 0) is 13.8 Å². The number of hydrogen-bond acceptors (Lipinski definition) is 2. The molecule has 1 unspecified atom stereocenters. The Morgan fingerprint density at radius 2 is 2.00 bits per heavy atom. The molecule has 0 heterocycles. The molecule has 0 bridgehead atoms. The number of rotatable bonds is 2. The number of alkyl halides is 1. The van der Waals surface area contributed by atoms with E-state index in [9.17, 15) is 4.39 Å². The predicted octanol–water partition coefficient (Wildman–Crippen LogP) is 0.666. The molecule has 0 aliphatic heterocycles. The van der Waals surface area contributed by atoms with Crippen LogP contribution in [0.5, 0.6) is 0 Å². The van der Waals surface area contributed by atoms with Gasteiger partial charge in [-0.15, -0.1) is 0 Å². The first-order valence-corrected chi connectivity index (χ1v) is 2.45. The Bertz CT molecular complexity index is 69.3. The minimum Gasteiger partial charge on any atom is -0.363 e.